The van der Waals surface area contributed by atoms with Crippen LogP contribution in [0.2, 0.25) is 0 Å². The van der Waals surface area contributed by atoms with Crippen LogP contribution in [0.3, 0.4) is 0 Å². The molecule has 2 aliphatic heterocycles. The lowest BCUT2D eigenvalue weighted by atomic mass is 10.2. The van der Waals surface area contributed by atoms with E-state index >= 15 is 0 Å². The summed E-state index contributed by atoms with van der Waals surface area (Å²) in [6.07, 6.45) is 3.12. The molecule has 0 aliphatic carbocycles. The predicted octanol–water partition coefficient (Wildman–Crippen LogP) is 1.81. The molecule has 0 spiro atoms. The van der Waals surface area contributed by atoms with Crippen LogP contribution in [0.25, 0.3) is 0 Å². The Bertz CT molecular complexity index is 469. The maximum Gasteiger partial charge on any atom is 0.242 e. The first kappa shape index (κ1) is 11.5. The van der Waals surface area contributed by atoms with Gasteiger partial charge in [0.15, 0.2) is 0 Å². The Morgan fingerprint density at radius 3 is 2.78 bits per heavy atom. The number of nitrogens with zero attached hydrogens (tertiary/aromatic N) is 2. The van der Waals surface area contributed by atoms with Crippen molar-refractivity contribution in [1.82, 2.24) is 4.90 Å². The van der Waals surface area contributed by atoms with Crippen molar-refractivity contribution in [2.45, 2.75) is 19.3 Å². The Balaban J connectivity index is 1.72. The molecule has 0 saturated carbocycles. The molecule has 0 N–H and O–H groups in total. The fraction of sp³-hybridized carbons (Fsp3) is 0.500. The van der Waals surface area contributed by atoms with Gasteiger partial charge in [0.2, 0.25) is 5.91 Å². The summed E-state index contributed by atoms with van der Waals surface area (Å²) in [4.78, 5) is 16.0. The summed E-state index contributed by atoms with van der Waals surface area (Å²) >= 11 is 0. The van der Waals surface area contributed by atoms with Crippen molar-refractivity contribution in [1.29, 1.82) is 0 Å². The Labute approximate surface area is 106 Å². The average Bonchev–Trinajstić information content (AvgIpc) is 2.99. The number of anilines is 1. The molecule has 96 valence electrons. The minimum atomic E-state index is -0.228. The van der Waals surface area contributed by atoms with Gasteiger partial charge >= 0.3 is 0 Å². The normalized spacial score (nSPS) is 18.3. The van der Waals surface area contributed by atoms with E-state index < -0.39 is 0 Å². The number of benzene rings is 1. The Morgan fingerprint density at radius 2 is 2.00 bits per heavy atom. The maximum absolute atomic E-state index is 13.3. The van der Waals surface area contributed by atoms with Crippen molar-refractivity contribution in [3.63, 3.8) is 0 Å². The zero-order valence-corrected chi connectivity index (χ0v) is 10.4. The number of likely N-dealkylation sites (tertiary alicyclic amines) is 1. The third-order valence-electron chi connectivity index (χ3n) is 3.82. The van der Waals surface area contributed by atoms with Crippen LogP contribution in [-0.4, -0.2) is 37.0 Å². The molecule has 2 heterocycles. The summed E-state index contributed by atoms with van der Waals surface area (Å²) in [5.74, 6) is -0.0566. The van der Waals surface area contributed by atoms with Gasteiger partial charge in [-0.05, 0) is 37.0 Å². The van der Waals surface area contributed by atoms with Crippen molar-refractivity contribution < 1.29 is 9.18 Å². The van der Waals surface area contributed by atoms with Gasteiger partial charge in [-0.1, -0.05) is 6.07 Å². The van der Waals surface area contributed by atoms with E-state index in [0.717, 1.165) is 50.1 Å². The summed E-state index contributed by atoms with van der Waals surface area (Å²) in [7, 11) is 0. The highest BCUT2D eigenvalue weighted by atomic mass is 19.1. The van der Waals surface area contributed by atoms with E-state index in [4.69, 9.17) is 0 Å². The molecule has 0 unspecified atom stereocenters. The van der Waals surface area contributed by atoms with Gasteiger partial charge in [-0.15, -0.1) is 0 Å². The summed E-state index contributed by atoms with van der Waals surface area (Å²) in [6, 6.07) is 4.86. The smallest absolute Gasteiger partial charge is 0.242 e. The first-order valence-corrected chi connectivity index (χ1v) is 6.55. The lowest BCUT2D eigenvalue weighted by Gasteiger charge is -2.22. The van der Waals surface area contributed by atoms with Gasteiger partial charge in [-0.3, -0.25) is 4.79 Å². The molecule has 1 saturated heterocycles. The predicted molar refractivity (Wildman–Crippen MR) is 68.1 cm³/mol. The largest absolute Gasteiger partial charge is 0.362 e. The monoisotopic (exact) mass is 248 g/mol. The highest BCUT2D eigenvalue weighted by molar-refractivity contribution is 5.82. The number of carbonyl (C=O) groups excluding carboxylic acids is 1. The summed E-state index contributed by atoms with van der Waals surface area (Å²) in [5, 5.41) is 0. The molecule has 0 aromatic heterocycles. The second-order valence-corrected chi connectivity index (χ2v) is 5.03. The Hall–Kier alpha value is -1.58. The highest BCUT2D eigenvalue weighted by Crippen LogP contribution is 2.28. The molecular weight excluding hydrogens is 231 g/mol. The molecule has 0 atom stereocenters. The Morgan fingerprint density at radius 1 is 1.22 bits per heavy atom. The standard InChI is InChI=1S/C14H17FN2O/c15-12-4-3-11-5-8-17(13(11)9-12)10-14(18)16-6-1-2-7-16/h3-4,9H,1-2,5-8,10H2. The highest BCUT2D eigenvalue weighted by Gasteiger charge is 2.25. The average molecular weight is 248 g/mol. The van der Waals surface area contributed by atoms with Crippen molar-refractivity contribution in [2.75, 3.05) is 31.1 Å². The SMILES string of the molecule is O=C(CN1CCc2ccc(F)cc21)N1CCCC1. The number of carbonyl (C=O) groups is 1. The van der Waals surface area contributed by atoms with E-state index in [-0.39, 0.29) is 11.7 Å². The fourth-order valence-corrected chi connectivity index (χ4v) is 2.81. The molecular formula is C14H17FN2O. The molecule has 1 aromatic rings. The lowest BCUT2D eigenvalue weighted by molar-refractivity contribution is -0.128. The van der Waals surface area contributed by atoms with Gasteiger partial charge in [-0.25, -0.2) is 4.39 Å². The summed E-state index contributed by atoms with van der Waals surface area (Å²) < 4.78 is 13.3. The molecule has 3 rings (SSSR count). The van der Waals surface area contributed by atoms with Crippen LogP contribution < -0.4 is 4.90 Å². The summed E-state index contributed by atoms with van der Waals surface area (Å²) in [6.45, 7) is 2.96. The molecule has 0 bridgehead atoms. The number of amides is 1. The van der Waals surface area contributed by atoms with Crippen LogP contribution in [0, 0.1) is 5.82 Å². The lowest BCUT2D eigenvalue weighted by Crippen LogP contribution is -2.38. The first-order chi connectivity index (χ1) is 8.74. The van der Waals surface area contributed by atoms with E-state index in [1.165, 1.54) is 6.07 Å². The number of hydrogen-bond donors (Lipinski definition) is 0. The van der Waals surface area contributed by atoms with Gasteiger partial charge in [0.25, 0.3) is 0 Å². The van der Waals surface area contributed by atoms with Gasteiger partial charge in [-0.2, -0.15) is 0 Å². The second-order valence-electron chi connectivity index (χ2n) is 5.03. The zero-order valence-electron chi connectivity index (χ0n) is 10.4. The number of hydrogen-bond acceptors (Lipinski definition) is 2. The third-order valence-corrected chi connectivity index (χ3v) is 3.82. The molecule has 0 radical (unpaired) electrons. The minimum absolute atomic E-state index is 0.171. The van der Waals surface area contributed by atoms with Crippen molar-refractivity contribution in [3.05, 3.63) is 29.6 Å². The van der Waals surface area contributed by atoms with Crippen LogP contribution >= 0.6 is 0 Å². The third kappa shape index (κ3) is 2.07. The molecule has 4 heteroatoms. The van der Waals surface area contributed by atoms with Crippen LogP contribution in [-0.2, 0) is 11.2 Å². The number of fused-ring (bicyclic) bond motifs is 1. The van der Waals surface area contributed by atoms with Gasteiger partial charge in [0.1, 0.15) is 5.82 Å². The van der Waals surface area contributed by atoms with Crippen LogP contribution in [0.5, 0.6) is 0 Å². The van der Waals surface area contributed by atoms with Crippen molar-refractivity contribution in [2.24, 2.45) is 0 Å². The summed E-state index contributed by atoms with van der Waals surface area (Å²) in [5.41, 5.74) is 2.04. The Kier molecular flexibility index (Phi) is 2.94. The molecule has 18 heavy (non-hydrogen) atoms. The van der Waals surface area contributed by atoms with Crippen molar-refractivity contribution in [3.8, 4) is 0 Å². The topological polar surface area (TPSA) is 23.6 Å². The van der Waals surface area contributed by atoms with Crippen LogP contribution in [0.15, 0.2) is 18.2 Å². The van der Waals surface area contributed by atoms with E-state index in [1.54, 1.807) is 6.07 Å². The fourth-order valence-electron chi connectivity index (χ4n) is 2.81. The van der Waals surface area contributed by atoms with Crippen LogP contribution in [0.1, 0.15) is 18.4 Å². The first-order valence-electron chi connectivity index (χ1n) is 6.55. The number of halogens is 1. The molecule has 3 nitrogen and oxygen atoms in total. The second kappa shape index (κ2) is 4.59. The van der Waals surface area contributed by atoms with Gasteiger partial charge < -0.3 is 9.80 Å². The molecule has 1 aromatic carbocycles. The zero-order chi connectivity index (χ0) is 12.5. The van der Waals surface area contributed by atoms with E-state index in [2.05, 4.69) is 0 Å². The van der Waals surface area contributed by atoms with E-state index in [9.17, 15) is 9.18 Å². The van der Waals surface area contributed by atoms with Crippen molar-refractivity contribution >= 4 is 11.6 Å². The maximum atomic E-state index is 13.3. The molecule has 1 fully saturated rings. The minimum Gasteiger partial charge on any atom is -0.362 e. The molecule has 2 aliphatic rings. The van der Waals surface area contributed by atoms with E-state index in [1.807, 2.05) is 15.9 Å². The number of rotatable bonds is 2. The van der Waals surface area contributed by atoms with Gasteiger partial charge in [0.05, 0.1) is 6.54 Å². The van der Waals surface area contributed by atoms with Gasteiger partial charge in [0, 0.05) is 25.3 Å². The quantitative estimate of drug-likeness (QED) is 0.797. The van der Waals surface area contributed by atoms with Crippen LogP contribution in [0.4, 0.5) is 10.1 Å². The molecule has 1 amide bonds. The van der Waals surface area contributed by atoms with E-state index in [0.29, 0.717) is 6.54 Å².